The van der Waals surface area contributed by atoms with E-state index in [4.69, 9.17) is 4.74 Å². The maximum Gasteiger partial charge on any atom is 0.138 e. The van der Waals surface area contributed by atoms with Gasteiger partial charge in [-0.3, -0.25) is 4.79 Å². The fourth-order valence-corrected chi connectivity index (χ4v) is 3.81. The summed E-state index contributed by atoms with van der Waals surface area (Å²) in [5.41, 5.74) is -0.163. The van der Waals surface area contributed by atoms with Gasteiger partial charge in [-0.05, 0) is 53.0 Å². The first-order valence-electron chi connectivity index (χ1n) is 11.5. The van der Waals surface area contributed by atoms with Crippen LogP contribution in [-0.4, -0.2) is 42.0 Å². The van der Waals surface area contributed by atoms with Gasteiger partial charge in [0.05, 0.1) is 11.7 Å². The van der Waals surface area contributed by atoms with E-state index in [0.717, 1.165) is 12.8 Å². The van der Waals surface area contributed by atoms with Crippen molar-refractivity contribution in [2.24, 2.45) is 5.41 Å². The van der Waals surface area contributed by atoms with Crippen LogP contribution in [0.5, 0.6) is 0 Å². The minimum Gasteiger partial charge on any atom is -0.373 e. The van der Waals surface area contributed by atoms with Gasteiger partial charge in [0.1, 0.15) is 5.78 Å². The van der Waals surface area contributed by atoms with Crippen molar-refractivity contribution >= 4 is 5.78 Å². The summed E-state index contributed by atoms with van der Waals surface area (Å²) >= 11 is 0. The molecule has 0 saturated carbocycles. The van der Waals surface area contributed by atoms with Crippen LogP contribution in [-0.2, 0) is 9.53 Å². The highest BCUT2D eigenvalue weighted by molar-refractivity contribution is 5.83. The third-order valence-corrected chi connectivity index (χ3v) is 5.52. The smallest absolute Gasteiger partial charge is 0.138 e. The lowest BCUT2D eigenvalue weighted by atomic mass is 9.88. The summed E-state index contributed by atoms with van der Waals surface area (Å²) in [5, 5.41) is 0. The number of carbonyl (C=O) groups is 1. The molecule has 1 rings (SSSR count). The fourth-order valence-electron chi connectivity index (χ4n) is 3.81. The van der Waals surface area contributed by atoms with Crippen LogP contribution in [0.25, 0.3) is 0 Å². The van der Waals surface area contributed by atoms with Crippen molar-refractivity contribution in [3.8, 4) is 0 Å². The molecule has 3 nitrogen and oxygen atoms in total. The molecule has 0 aliphatic carbocycles. The number of ether oxygens (including phenoxy) is 1. The van der Waals surface area contributed by atoms with Crippen molar-refractivity contribution in [3.05, 3.63) is 0 Å². The molecule has 0 spiro atoms. The van der Waals surface area contributed by atoms with Crippen LogP contribution < -0.4 is 0 Å². The second-order valence-corrected chi connectivity index (χ2v) is 10.5. The Labute approximate surface area is 169 Å². The van der Waals surface area contributed by atoms with E-state index in [1.165, 1.54) is 77.4 Å². The van der Waals surface area contributed by atoms with Gasteiger partial charge < -0.3 is 9.64 Å². The molecule has 0 aromatic heterocycles. The lowest BCUT2D eigenvalue weighted by molar-refractivity contribution is -0.126. The Morgan fingerprint density at radius 2 is 1.30 bits per heavy atom. The van der Waals surface area contributed by atoms with E-state index in [1.54, 1.807) is 0 Å². The molecule has 0 radical (unpaired) electrons. The zero-order valence-corrected chi connectivity index (χ0v) is 19.2. The number of hydrogen-bond donors (Lipinski definition) is 0. The average Bonchev–Trinajstić information content (AvgIpc) is 2.55. The van der Waals surface area contributed by atoms with Gasteiger partial charge >= 0.3 is 0 Å². The van der Waals surface area contributed by atoms with E-state index in [2.05, 4.69) is 25.7 Å². The monoisotopic (exact) mass is 381 g/mol. The van der Waals surface area contributed by atoms with Crippen LogP contribution in [0.15, 0.2) is 0 Å². The molecule has 1 saturated heterocycles. The molecule has 1 aliphatic rings. The maximum atomic E-state index is 11.9. The molecule has 0 atom stereocenters. The predicted molar refractivity (Wildman–Crippen MR) is 116 cm³/mol. The van der Waals surface area contributed by atoms with Gasteiger partial charge in [-0.2, -0.15) is 0 Å². The van der Waals surface area contributed by atoms with Crippen LogP contribution in [0, 0.1) is 5.41 Å². The minimum atomic E-state index is -0.158. The summed E-state index contributed by atoms with van der Waals surface area (Å²) in [6.45, 7) is 16.2. The lowest BCUT2D eigenvalue weighted by Crippen LogP contribution is -2.40. The first-order chi connectivity index (χ1) is 12.6. The van der Waals surface area contributed by atoms with Crippen molar-refractivity contribution < 1.29 is 9.53 Å². The van der Waals surface area contributed by atoms with Gasteiger partial charge in [-0.15, -0.1) is 0 Å². The molecule has 0 N–H and O–H groups in total. The maximum absolute atomic E-state index is 11.9. The second-order valence-electron chi connectivity index (χ2n) is 10.5. The predicted octanol–water partition coefficient (Wildman–Crippen LogP) is 6.39. The number of rotatable bonds is 12. The Balaban J connectivity index is 1.89. The van der Waals surface area contributed by atoms with Crippen molar-refractivity contribution in [2.45, 2.75) is 124 Å². The second kappa shape index (κ2) is 12.2. The Morgan fingerprint density at radius 1 is 0.815 bits per heavy atom. The van der Waals surface area contributed by atoms with Crippen LogP contribution in [0.3, 0.4) is 0 Å². The molecule has 0 amide bonds. The molecule has 1 aliphatic heterocycles. The number of nitrogens with zero attached hydrogens (tertiary/aromatic N) is 1. The SMILES string of the molecule is CC(C)(C)OC1CCN(CCCCCCCCCCC(=O)C(C)(C)C)CC1. The summed E-state index contributed by atoms with van der Waals surface area (Å²) in [6, 6.07) is 0. The number of piperidine rings is 1. The van der Waals surface area contributed by atoms with Crippen LogP contribution in [0.2, 0.25) is 0 Å². The molecular formula is C24H47NO2. The van der Waals surface area contributed by atoms with E-state index in [9.17, 15) is 4.79 Å². The summed E-state index contributed by atoms with van der Waals surface area (Å²) in [6.07, 6.45) is 13.9. The highest BCUT2D eigenvalue weighted by atomic mass is 16.5. The molecule has 160 valence electrons. The van der Waals surface area contributed by atoms with Crippen LogP contribution in [0.4, 0.5) is 0 Å². The van der Waals surface area contributed by atoms with Gasteiger partial charge in [-0.25, -0.2) is 0 Å². The third-order valence-electron chi connectivity index (χ3n) is 5.52. The van der Waals surface area contributed by atoms with Gasteiger partial charge in [0.15, 0.2) is 0 Å². The number of Topliss-reactive ketones (excluding diaryl/α,β-unsaturated/α-hetero) is 1. The molecule has 1 fully saturated rings. The summed E-state index contributed by atoms with van der Waals surface area (Å²) in [4.78, 5) is 14.5. The quantitative estimate of drug-likeness (QED) is 0.367. The van der Waals surface area contributed by atoms with Crippen molar-refractivity contribution in [1.82, 2.24) is 4.90 Å². The average molecular weight is 382 g/mol. The third kappa shape index (κ3) is 12.6. The normalized spacial score (nSPS) is 17.4. The summed E-state index contributed by atoms with van der Waals surface area (Å²) in [7, 11) is 0. The van der Waals surface area contributed by atoms with Gasteiger partial charge in [0.25, 0.3) is 0 Å². The molecule has 0 aromatic rings. The van der Waals surface area contributed by atoms with Crippen molar-refractivity contribution in [3.63, 3.8) is 0 Å². The summed E-state index contributed by atoms with van der Waals surface area (Å²) < 4.78 is 6.11. The van der Waals surface area contributed by atoms with E-state index in [-0.39, 0.29) is 11.0 Å². The molecule has 0 bridgehead atoms. The zero-order chi connectivity index (χ0) is 20.3. The molecule has 3 heteroatoms. The fraction of sp³-hybridized carbons (Fsp3) is 0.958. The first-order valence-corrected chi connectivity index (χ1v) is 11.5. The molecule has 1 heterocycles. The Bertz CT molecular complexity index is 398. The van der Waals surface area contributed by atoms with E-state index < -0.39 is 0 Å². The first kappa shape index (κ1) is 24.6. The minimum absolute atomic E-state index is 0.00500. The van der Waals surface area contributed by atoms with Gasteiger partial charge in [-0.1, -0.05) is 59.3 Å². The number of carbonyl (C=O) groups excluding carboxylic acids is 1. The van der Waals surface area contributed by atoms with Crippen molar-refractivity contribution in [1.29, 1.82) is 0 Å². The number of likely N-dealkylation sites (tertiary alicyclic amines) is 1. The van der Waals surface area contributed by atoms with E-state index >= 15 is 0 Å². The number of unbranched alkanes of at least 4 members (excludes halogenated alkanes) is 7. The van der Waals surface area contributed by atoms with E-state index in [1.807, 2.05) is 20.8 Å². The van der Waals surface area contributed by atoms with Gasteiger partial charge in [0.2, 0.25) is 0 Å². The van der Waals surface area contributed by atoms with Gasteiger partial charge in [0, 0.05) is 24.9 Å². The molecular weight excluding hydrogens is 334 g/mol. The van der Waals surface area contributed by atoms with Crippen LogP contribution >= 0.6 is 0 Å². The molecule has 0 unspecified atom stereocenters. The molecule has 27 heavy (non-hydrogen) atoms. The topological polar surface area (TPSA) is 29.5 Å². The highest BCUT2D eigenvalue weighted by Gasteiger charge is 2.23. The Hall–Kier alpha value is -0.410. The van der Waals surface area contributed by atoms with Crippen molar-refractivity contribution in [2.75, 3.05) is 19.6 Å². The Morgan fingerprint density at radius 3 is 1.78 bits per heavy atom. The highest BCUT2D eigenvalue weighted by Crippen LogP contribution is 2.21. The lowest BCUT2D eigenvalue weighted by Gasteiger charge is -2.35. The zero-order valence-electron chi connectivity index (χ0n) is 19.2. The summed E-state index contributed by atoms with van der Waals surface area (Å²) in [5.74, 6) is 0.413. The largest absolute Gasteiger partial charge is 0.373 e. The van der Waals surface area contributed by atoms with Crippen LogP contribution in [0.1, 0.15) is 112 Å². The Kier molecular flexibility index (Phi) is 11.1. The number of ketones is 1. The van der Waals surface area contributed by atoms with E-state index in [0.29, 0.717) is 11.9 Å². The standard InChI is InChI=1S/C24H47NO2/c1-23(2,3)22(26)15-13-11-9-7-8-10-12-14-18-25-19-16-21(17-20-25)27-24(4,5)6/h21H,7-20H2,1-6H3. The molecule has 0 aromatic carbocycles. The number of hydrogen-bond acceptors (Lipinski definition) is 3.